The Kier molecular flexibility index (Phi) is 5.62. The van der Waals surface area contributed by atoms with Crippen molar-refractivity contribution in [3.05, 3.63) is 40.9 Å². The quantitative estimate of drug-likeness (QED) is 0.453. The smallest absolute Gasteiger partial charge is 0.323 e. The third-order valence-corrected chi connectivity index (χ3v) is 5.44. The van der Waals surface area contributed by atoms with E-state index in [1.54, 1.807) is 0 Å². The Bertz CT molecular complexity index is 665. The van der Waals surface area contributed by atoms with Crippen LogP contribution in [0.4, 0.5) is 5.69 Å². The van der Waals surface area contributed by atoms with Crippen LogP contribution in [-0.2, 0) is 19.1 Å². The van der Waals surface area contributed by atoms with E-state index in [4.69, 9.17) is 9.47 Å². The van der Waals surface area contributed by atoms with Crippen molar-refractivity contribution in [2.75, 3.05) is 19.5 Å². The Morgan fingerprint density at radius 1 is 1.20 bits per heavy atom. The first-order chi connectivity index (χ1) is 11.7. The molecule has 0 aliphatic heterocycles. The highest BCUT2D eigenvalue weighted by Crippen LogP contribution is 2.50. The average Bonchev–Trinajstić information content (AvgIpc) is 2.95. The average molecular weight is 410 g/mol. The first-order valence-electron chi connectivity index (χ1n) is 8.04. The van der Waals surface area contributed by atoms with E-state index in [1.807, 2.05) is 38.1 Å². The van der Waals surface area contributed by atoms with Crippen LogP contribution in [0, 0.1) is 11.3 Å². The van der Waals surface area contributed by atoms with E-state index in [9.17, 15) is 9.59 Å². The Hall–Kier alpha value is -1.82. The molecule has 0 radical (unpaired) electrons. The van der Waals surface area contributed by atoms with Gasteiger partial charge in [-0.25, -0.2) is 0 Å². The summed E-state index contributed by atoms with van der Waals surface area (Å²) >= 11 is 3.42. The summed E-state index contributed by atoms with van der Waals surface area (Å²) in [5, 5.41) is 3.48. The molecule has 0 amide bonds. The van der Waals surface area contributed by atoms with Gasteiger partial charge in [0.15, 0.2) is 5.41 Å². The van der Waals surface area contributed by atoms with Crippen molar-refractivity contribution in [1.82, 2.24) is 0 Å². The molecule has 25 heavy (non-hydrogen) atoms. The first-order valence-corrected chi connectivity index (χ1v) is 8.84. The maximum atomic E-state index is 12.4. The molecule has 1 aliphatic rings. The van der Waals surface area contributed by atoms with Crippen LogP contribution in [-0.4, -0.2) is 31.7 Å². The summed E-state index contributed by atoms with van der Waals surface area (Å²) in [6, 6.07) is 7.85. The van der Waals surface area contributed by atoms with Gasteiger partial charge < -0.3 is 14.8 Å². The lowest BCUT2D eigenvalue weighted by molar-refractivity contribution is -0.168. The van der Waals surface area contributed by atoms with Crippen LogP contribution in [0.1, 0.15) is 26.7 Å². The monoisotopic (exact) mass is 409 g/mol. The molecular formula is C19H24BrNO4. The van der Waals surface area contributed by atoms with Crippen molar-refractivity contribution in [2.24, 2.45) is 11.3 Å². The minimum atomic E-state index is -1.32. The third kappa shape index (κ3) is 3.73. The predicted molar refractivity (Wildman–Crippen MR) is 100 cm³/mol. The van der Waals surface area contributed by atoms with Crippen molar-refractivity contribution in [3.8, 4) is 0 Å². The molecular weight excluding hydrogens is 386 g/mol. The molecule has 1 aliphatic carbocycles. The number of ether oxygens (including phenoxy) is 2. The van der Waals surface area contributed by atoms with E-state index in [0.29, 0.717) is 6.42 Å². The van der Waals surface area contributed by atoms with Crippen LogP contribution in [0.3, 0.4) is 0 Å². The number of benzene rings is 1. The van der Waals surface area contributed by atoms with Gasteiger partial charge in [-0.2, -0.15) is 0 Å². The summed E-state index contributed by atoms with van der Waals surface area (Å²) in [6.45, 7) is 8.20. The minimum absolute atomic E-state index is 0.0886. The fraction of sp³-hybridized carbons (Fsp3) is 0.474. The number of carbonyl (C=O) groups is 2. The Morgan fingerprint density at radius 2 is 1.72 bits per heavy atom. The molecule has 1 atom stereocenters. The van der Waals surface area contributed by atoms with Gasteiger partial charge in [-0.1, -0.05) is 28.1 Å². The second-order valence-electron chi connectivity index (χ2n) is 7.01. The van der Waals surface area contributed by atoms with Crippen LogP contribution < -0.4 is 5.32 Å². The molecule has 1 aromatic rings. The second-order valence-corrected chi connectivity index (χ2v) is 7.93. The highest BCUT2D eigenvalue weighted by Gasteiger charge is 2.57. The number of hydrogen-bond acceptors (Lipinski definition) is 5. The number of nitrogens with one attached hydrogen (secondary N) is 1. The largest absolute Gasteiger partial charge is 0.468 e. The number of halogens is 1. The topological polar surface area (TPSA) is 64.6 Å². The normalized spacial score (nSPS) is 19.4. The highest BCUT2D eigenvalue weighted by molar-refractivity contribution is 9.10. The van der Waals surface area contributed by atoms with Crippen LogP contribution in [0.2, 0.25) is 0 Å². The van der Waals surface area contributed by atoms with Gasteiger partial charge in [-0.3, -0.25) is 9.59 Å². The second kappa shape index (κ2) is 7.20. The Labute approximate surface area is 156 Å². The SMILES string of the molecule is C=C1CC(C(=O)OC)(C(=O)OC)C[C@H]1C(C)(C)Nc1ccc(Br)cc1. The van der Waals surface area contributed by atoms with E-state index in [0.717, 1.165) is 15.7 Å². The lowest BCUT2D eigenvalue weighted by atomic mass is 9.79. The Morgan fingerprint density at radius 3 is 2.20 bits per heavy atom. The van der Waals surface area contributed by atoms with Crippen molar-refractivity contribution in [1.29, 1.82) is 0 Å². The number of methoxy groups -OCH3 is 2. The Balaban J connectivity index is 2.29. The van der Waals surface area contributed by atoms with Crippen LogP contribution in [0.5, 0.6) is 0 Å². The minimum Gasteiger partial charge on any atom is -0.468 e. The van der Waals surface area contributed by atoms with E-state index < -0.39 is 22.9 Å². The molecule has 0 heterocycles. The fourth-order valence-corrected chi connectivity index (χ4v) is 3.88. The summed E-state index contributed by atoms with van der Waals surface area (Å²) in [4.78, 5) is 24.7. The number of rotatable bonds is 5. The fourth-order valence-electron chi connectivity index (χ4n) is 3.62. The van der Waals surface area contributed by atoms with Gasteiger partial charge in [0.1, 0.15) is 0 Å². The van der Waals surface area contributed by atoms with E-state index in [2.05, 4.69) is 27.8 Å². The van der Waals surface area contributed by atoms with Gasteiger partial charge in [0.25, 0.3) is 0 Å². The van der Waals surface area contributed by atoms with E-state index >= 15 is 0 Å². The molecule has 6 heteroatoms. The molecule has 5 nitrogen and oxygen atoms in total. The zero-order valence-electron chi connectivity index (χ0n) is 15.0. The van der Waals surface area contributed by atoms with Crippen LogP contribution in [0.15, 0.2) is 40.9 Å². The van der Waals surface area contributed by atoms with Gasteiger partial charge in [0.05, 0.1) is 14.2 Å². The summed E-state index contributed by atoms with van der Waals surface area (Å²) < 4.78 is 10.8. The maximum absolute atomic E-state index is 12.4. The number of carbonyl (C=O) groups excluding carboxylic acids is 2. The molecule has 0 spiro atoms. The van der Waals surface area contributed by atoms with Crippen molar-refractivity contribution in [3.63, 3.8) is 0 Å². The maximum Gasteiger partial charge on any atom is 0.323 e. The standard InChI is InChI=1S/C19H24BrNO4/c1-12-10-19(16(22)24-4,17(23)25-5)11-15(12)18(2,3)21-14-8-6-13(20)7-9-14/h6-9,15,21H,1,10-11H2,2-5H3/t15-/m1/s1. The van der Waals surface area contributed by atoms with Crippen LogP contribution in [0.25, 0.3) is 0 Å². The third-order valence-electron chi connectivity index (χ3n) is 4.91. The number of hydrogen-bond donors (Lipinski definition) is 1. The van der Waals surface area contributed by atoms with E-state index in [1.165, 1.54) is 14.2 Å². The van der Waals surface area contributed by atoms with Crippen molar-refractivity contribution < 1.29 is 19.1 Å². The van der Waals surface area contributed by atoms with Gasteiger partial charge in [-0.15, -0.1) is 0 Å². The lowest BCUT2D eigenvalue weighted by Crippen LogP contribution is -2.43. The van der Waals surface area contributed by atoms with E-state index in [-0.39, 0.29) is 12.3 Å². The van der Waals surface area contributed by atoms with Gasteiger partial charge in [0.2, 0.25) is 0 Å². The van der Waals surface area contributed by atoms with Gasteiger partial charge in [0, 0.05) is 21.6 Å². The first kappa shape index (κ1) is 19.5. The van der Waals surface area contributed by atoms with Crippen LogP contribution >= 0.6 is 15.9 Å². The molecule has 1 fully saturated rings. The summed E-state index contributed by atoms with van der Waals surface area (Å²) in [7, 11) is 2.57. The zero-order chi connectivity index (χ0) is 18.8. The van der Waals surface area contributed by atoms with Crippen molar-refractivity contribution in [2.45, 2.75) is 32.2 Å². The summed E-state index contributed by atoms with van der Waals surface area (Å²) in [5.41, 5.74) is 0.0681. The molecule has 0 aromatic heterocycles. The summed E-state index contributed by atoms with van der Waals surface area (Å²) in [5.74, 6) is -1.22. The van der Waals surface area contributed by atoms with Gasteiger partial charge >= 0.3 is 11.9 Å². The zero-order valence-corrected chi connectivity index (χ0v) is 16.6. The molecule has 1 N–H and O–H groups in total. The molecule has 136 valence electrons. The lowest BCUT2D eigenvalue weighted by Gasteiger charge is -2.35. The molecule has 0 saturated heterocycles. The van der Waals surface area contributed by atoms with Gasteiger partial charge in [-0.05, 0) is 51.0 Å². The molecule has 2 rings (SSSR count). The molecule has 1 saturated carbocycles. The molecule has 0 unspecified atom stereocenters. The highest BCUT2D eigenvalue weighted by atomic mass is 79.9. The van der Waals surface area contributed by atoms with Crippen molar-refractivity contribution >= 4 is 33.6 Å². The molecule has 1 aromatic carbocycles. The predicted octanol–water partition coefficient (Wildman–Crippen LogP) is 3.94. The number of anilines is 1. The summed E-state index contributed by atoms with van der Waals surface area (Å²) in [6.07, 6.45) is 0.546. The number of esters is 2. The molecule has 0 bridgehead atoms.